The van der Waals surface area contributed by atoms with Crippen molar-refractivity contribution in [2.24, 2.45) is 0 Å². The summed E-state index contributed by atoms with van der Waals surface area (Å²) >= 11 is 0. The van der Waals surface area contributed by atoms with E-state index in [1.54, 1.807) is 39.8 Å². The standard InChI is InChI=1S/C19H21NO6S/c1-18(2,15(22)10-21)13-8-11(7-12-5-6-20-27(12,24)25)9-14-16(13)26-17(23)19(14,3)4/h7-10,20H,5-6H2,1-4H3. The second-order valence-electron chi connectivity index (χ2n) is 7.83. The molecule has 27 heavy (non-hydrogen) atoms. The van der Waals surface area contributed by atoms with Crippen molar-refractivity contribution in [3.8, 4) is 5.75 Å². The molecule has 2 aliphatic rings. The molecule has 0 bridgehead atoms. The quantitative estimate of drug-likeness (QED) is 0.362. The molecule has 3 rings (SSSR count). The number of nitrogens with one attached hydrogen (secondary N) is 1. The maximum Gasteiger partial charge on any atom is 0.321 e. The Morgan fingerprint density at radius 3 is 2.52 bits per heavy atom. The fourth-order valence-electron chi connectivity index (χ4n) is 3.25. The fourth-order valence-corrected chi connectivity index (χ4v) is 4.47. The van der Waals surface area contributed by atoms with Crippen LogP contribution in [0, 0.1) is 0 Å². The zero-order valence-corrected chi connectivity index (χ0v) is 16.4. The first-order valence-electron chi connectivity index (χ1n) is 8.52. The van der Waals surface area contributed by atoms with Crippen LogP contribution in [0.4, 0.5) is 0 Å². The van der Waals surface area contributed by atoms with Gasteiger partial charge in [0, 0.05) is 17.7 Å². The van der Waals surface area contributed by atoms with Crippen LogP contribution in [-0.2, 0) is 35.2 Å². The highest BCUT2D eigenvalue weighted by Crippen LogP contribution is 2.46. The summed E-state index contributed by atoms with van der Waals surface area (Å²) in [7, 11) is -3.52. The van der Waals surface area contributed by atoms with E-state index in [-0.39, 0.29) is 16.9 Å². The Morgan fingerprint density at radius 2 is 1.96 bits per heavy atom. The Morgan fingerprint density at radius 1 is 1.30 bits per heavy atom. The van der Waals surface area contributed by atoms with Crippen LogP contribution in [0.25, 0.3) is 6.08 Å². The number of Topliss-reactive ketones (excluding diaryl/α,β-unsaturated/α-hetero) is 1. The zero-order valence-electron chi connectivity index (χ0n) is 15.6. The minimum atomic E-state index is -3.52. The molecule has 1 saturated heterocycles. The van der Waals surface area contributed by atoms with Gasteiger partial charge in [-0.05, 0) is 57.9 Å². The van der Waals surface area contributed by atoms with Gasteiger partial charge in [0.1, 0.15) is 5.75 Å². The van der Waals surface area contributed by atoms with E-state index in [2.05, 4.69) is 4.72 Å². The van der Waals surface area contributed by atoms with Gasteiger partial charge in [-0.3, -0.25) is 14.4 Å². The number of rotatable bonds is 4. The van der Waals surface area contributed by atoms with Gasteiger partial charge in [-0.1, -0.05) is 0 Å². The van der Waals surface area contributed by atoms with Gasteiger partial charge in [0.05, 0.1) is 15.7 Å². The van der Waals surface area contributed by atoms with Crippen LogP contribution in [0.3, 0.4) is 0 Å². The molecule has 2 heterocycles. The summed E-state index contributed by atoms with van der Waals surface area (Å²) in [6.07, 6.45) is 2.12. The lowest BCUT2D eigenvalue weighted by atomic mass is 9.76. The van der Waals surface area contributed by atoms with Crippen molar-refractivity contribution < 1.29 is 27.5 Å². The van der Waals surface area contributed by atoms with Gasteiger partial charge in [0.25, 0.3) is 0 Å². The Balaban J connectivity index is 2.28. The summed E-state index contributed by atoms with van der Waals surface area (Å²) in [6, 6.07) is 3.31. The molecule has 144 valence electrons. The van der Waals surface area contributed by atoms with Gasteiger partial charge in [0.15, 0.2) is 6.29 Å². The summed E-state index contributed by atoms with van der Waals surface area (Å²) in [5.41, 5.74) is -0.707. The molecule has 0 saturated carbocycles. The maximum absolute atomic E-state index is 12.3. The average molecular weight is 391 g/mol. The van der Waals surface area contributed by atoms with Crippen molar-refractivity contribution in [2.75, 3.05) is 6.54 Å². The molecular formula is C19H21NO6S. The highest BCUT2D eigenvalue weighted by atomic mass is 32.2. The van der Waals surface area contributed by atoms with Crippen molar-refractivity contribution in [3.63, 3.8) is 0 Å². The van der Waals surface area contributed by atoms with Crippen molar-refractivity contribution >= 4 is 34.1 Å². The molecule has 0 unspecified atom stereocenters. The summed E-state index contributed by atoms with van der Waals surface area (Å²) < 4.78 is 32.0. The summed E-state index contributed by atoms with van der Waals surface area (Å²) in [6.45, 7) is 6.87. The van der Waals surface area contributed by atoms with Crippen LogP contribution < -0.4 is 9.46 Å². The second-order valence-corrected chi connectivity index (χ2v) is 9.65. The first-order chi connectivity index (χ1) is 12.4. The normalized spacial score (nSPS) is 21.8. The number of sulfonamides is 1. The number of carbonyl (C=O) groups excluding carboxylic acids is 3. The first kappa shape index (κ1) is 19.4. The highest BCUT2D eigenvalue weighted by molar-refractivity contribution is 7.93. The van der Waals surface area contributed by atoms with Gasteiger partial charge >= 0.3 is 5.97 Å². The van der Waals surface area contributed by atoms with Crippen molar-refractivity contribution in [1.82, 2.24) is 4.72 Å². The molecular weight excluding hydrogens is 370 g/mol. The van der Waals surface area contributed by atoms with E-state index in [4.69, 9.17) is 4.74 Å². The minimum Gasteiger partial charge on any atom is -0.425 e. The average Bonchev–Trinajstić information content (AvgIpc) is 3.03. The topological polar surface area (TPSA) is 107 Å². The third-order valence-corrected chi connectivity index (χ3v) is 6.82. The number of aldehydes is 1. The Kier molecular flexibility index (Phi) is 4.39. The summed E-state index contributed by atoms with van der Waals surface area (Å²) in [5, 5.41) is 0. The molecule has 0 radical (unpaired) electrons. The van der Waals surface area contributed by atoms with Gasteiger partial charge < -0.3 is 4.74 Å². The number of hydrogen-bond acceptors (Lipinski definition) is 6. The number of hydrogen-bond donors (Lipinski definition) is 1. The number of carbonyl (C=O) groups is 3. The third-order valence-electron chi connectivity index (χ3n) is 5.22. The molecule has 1 N–H and O–H groups in total. The summed E-state index contributed by atoms with van der Waals surface area (Å²) in [5.74, 6) is -0.863. The van der Waals surface area contributed by atoms with E-state index >= 15 is 0 Å². The molecule has 1 aromatic rings. The SMILES string of the molecule is CC(C)(C(=O)C=O)c1cc(C=C2CCNS2(=O)=O)cc2c1OC(=O)C2(C)C. The molecule has 0 aromatic heterocycles. The lowest BCUT2D eigenvalue weighted by Crippen LogP contribution is -2.30. The Bertz CT molecular complexity index is 1000. The van der Waals surface area contributed by atoms with Crippen LogP contribution in [0.5, 0.6) is 5.75 Å². The lowest BCUT2D eigenvalue weighted by Gasteiger charge is -2.24. The second kappa shape index (κ2) is 6.10. The van der Waals surface area contributed by atoms with Crippen molar-refractivity contribution in [1.29, 1.82) is 0 Å². The molecule has 8 heteroatoms. The monoisotopic (exact) mass is 391 g/mol. The molecule has 0 aliphatic carbocycles. The van der Waals surface area contributed by atoms with E-state index in [1.807, 2.05) is 0 Å². The predicted octanol–water partition coefficient (Wildman–Crippen LogP) is 1.59. The number of ether oxygens (including phenoxy) is 1. The van der Waals surface area contributed by atoms with Gasteiger partial charge in [-0.25, -0.2) is 13.1 Å². The molecule has 0 atom stereocenters. The third kappa shape index (κ3) is 3.02. The van der Waals surface area contributed by atoms with Gasteiger partial charge in [-0.2, -0.15) is 0 Å². The van der Waals surface area contributed by atoms with Crippen LogP contribution in [-0.4, -0.2) is 33.0 Å². The first-order valence-corrected chi connectivity index (χ1v) is 10.0. The van der Waals surface area contributed by atoms with Crippen molar-refractivity contribution in [3.05, 3.63) is 33.7 Å². The van der Waals surface area contributed by atoms with Gasteiger partial charge in [0.2, 0.25) is 15.8 Å². The number of fused-ring (bicyclic) bond motifs is 1. The van der Waals surface area contributed by atoms with Crippen LogP contribution in [0.15, 0.2) is 17.0 Å². The van der Waals surface area contributed by atoms with Crippen LogP contribution in [0.2, 0.25) is 0 Å². The van der Waals surface area contributed by atoms with Crippen molar-refractivity contribution in [2.45, 2.75) is 44.9 Å². The number of benzene rings is 1. The van der Waals surface area contributed by atoms with E-state index in [1.165, 1.54) is 6.08 Å². The molecule has 1 aromatic carbocycles. The molecule has 2 aliphatic heterocycles. The lowest BCUT2D eigenvalue weighted by molar-refractivity contribution is -0.137. The predicted molar refractivity (Wildman–Crippen MR) is 98.7 cm³/mol. The largest absolute Gasteiger partial charge is 0.425 e. The van der Waals surface area contributed by atoms with Crippen LogP contribution in [0.1, 0.15) is 50.8 Å². The maximum atomic E-state index is 12.3. The molecule has 7 nitrogen and oxygen atoms in total. The zero-order chi connectivity index (χ0) is 20.2. The van der Waals surface area contributed by atoms with E-state index in [0.717, 1.165) is 0 Å². The smallest absolute Gasteiger partial charge is 0.321 e. The molecule has 0 amide bonds. The Labute approximate surface area is 157 Å². The Hall–Kier alpha value is -2.32. The van der Waals surface area contributed by atoms with E-state index < -0.39 is 32.6 Å². The van der Waals surface area contributed by atoms with Gasteiger partial charge in [-0.15, -0.1) is 0 Å². The molecule has 0 spiro atoms. The van der Waals surface area contributed by atoms with Crippen LogP contribution >= 0.6 is 0 Å². The fraction of sp³-hybridized carbons (Fsp3) is 0.421. The molecule has 1 fully saturated rings. The van der Waals surface area contributed by atoms with E-state index in [9.17, 15) is 22.8 Å². The van der Waals surface area contributed by atoms with E-state index in [0.29, 0.717) is 29.7 Å². The number of ketones is 1. The number of esters is 1. The highest BCUT2D eigenvalue weighted by Gasteiger charge is 2.45. The summed E-state index contributed by atoms with van der Waals surface area (Å²) in [4.78, 5) is 35.9. The minimum absolute atomic E-state index is 0.232.